The van der Waals surface area contributed by atoms with Crippen LogP contribution in [0.4, 0.5) is 10.1 Å². The van der Waals surface area contributed by atoms with Crippen LogP contribution in [-0.4, -0.2) is 28.3 Å². The van der Waals surface area contributed by atoms with Gasteiger partial charge in [-0.15, -0.1) is 0 Å². The standard InChI is InChI=1S/C12H12BrFN2O2S/c1-7(17)19-6-8-4-11(18)16(5-8)9-2-3-10(14)15-12(9)13/h2-3,8H,4-6H2,1H3. The molecule has 7 heteroatoms. The summed E-state index contributed by atoms with van der Waals surface area (Å²) in [6, 6.07) is 2.76. The molecule has 4 nitrogen and oxygen atoms in total. The van der Waals surface area contributed by atoms with Crippen molar-refractivity contribution in [3.8, 4) is 0 Å². The maximum atomic E-state index is 12.9. The zero-order valence-corrected chi connectivity index (χ0v) is 12.6. The van der Waals surface area contributed by atoms with E-state index in [4.69, 9.17) is 0 Å². The fraction of sp³-hybridized carbons (Fsp3) is 0.417. The summed E-state index contributed by atoms with van der Waals surface area (Å²) in [6.07, 6.45) is 0.407. The smallest absolute Gasteiger partial charge is 0.227 e. The largest absolute Gasteiger partial charge is 0.310 e. The number of hydrogen-bond donors (Lipinski definition) is 0. The lowest BCUT2D eigenvalue weighted by molar-refractivity contribution is -0.117. The van der Waals surface area contributed by atoms with Crippen LogP contribution in [0.5, 0.6) is 0 Å². The van der Waals surface area contributed by atoms with E-state index in [-0.39, 0.29) is 16.9 Å². The van der Waals surface area contributed by atoms with Gasteiger partial charge in [-0.05, 0) is 34.0 Å². The molecule has 1 aromatic heterocycles. The monoisotopic (exact) mass is 346 g/mol. The molecule has 0 N–H and O–H groups in total. The summed E-state index contributed by atoms with van der Waals surface area (Å²) in [5, 5.41) is 0.0514. The minimum Gasteiger partial charge on any atom is -0.310 e. The average Bonchev–Trinajstić information content (AvgIpc) is 2.68. The number of thioether (sulfide) groups is 1. The molecule has 2 rings (SSSR count). The zero-order chi connectivity index (χ0) is 14.0. The summed E-state index contributed by atoms with van der Waals surface area (Å²) in [4.78, 5) is 28.1. The van der Waals surface area contributed by atoms with E-state index in [1.165, 1.54) is 30.8 Å². The van der Waals surface area contributed by atoms with Crippen LogP contribution >= 0.6 is 27.7 Å². The van der Waals surface area contributed by atoms with E-state index in [9.17, 15) is 14.0 Å². The topological polar surface area (TPSA) is 50.3 Å². The summed E-state index contributed by atoms with van der Waals surface area (Å²) < 4.78 is 13.3. The molecule has 1 aliphatic heterocycles. The first-order valence-electron chi connectivity index (χ1n) is 5.73. The van der Waals surface area contributed by atoms with E-state index in [2.05, 4.69) is 20.9 Å². The van der Waals surface area contributed by atoms with Gasteiger partial charge < -0.3 is 4.90 Å². The summed E-state index contributed by atoms with van der Waals surface area (Å²) in [5.74, 6) is 0.150. The van der Waals surface area contributed by atoms with Crippen molar-refractivity contribution in [2.45, 2.75) is 13.3 Å². The molecular weight excluding hydrogens is 335 g/mol. The van der Waals surface area contributed by atoms with Gasteiger partial charge in [-0.2, -0.15) is 4.39 Å². The maximum absolute atomic E-state index is 12.9. The van der Waals surface area contributed by atoms with Gasteiger partial charge in [-0.3, -0.25) is 9.59 Å². The Bertz CT molecular complexity index is 526. The van der Waals surface area contributed by atoms with Crippen molar-refractivity contribution in [2.24, 2.45) is 5.92 Å². The van der Waals surface area contributed by atoms with Crippen LogP contribution in [0.3, 0.4) is 0 Å². The van der Waals surface area contributed by atoms with Crippen molar-refractivity contribution in [3.05, 3.63) is 22.7 Å². The third kappa shape index (κ3) is 3.54. The predicted molar refractivity (Wildman–Crippen MR) is 75.5 cm³/mol. The van der Waals surface area contributed by atoms with E-state index in [1.54, 1.807) is 4.90 Å². The van der Waals surface area contributed by atoms with Gasteiger partial charge in [-0.1, -0.05) is 11.8 Å². The number of carbonyl (C=O) groups is 2. The van der Waals surface area contributed by atoms with Crippen molar-refractivity contribution >= 4 is 44.4 Å². The molecule has 1 aliphatic rings. The van der Waals surface area contributed by atoms with Gasteiger partial charge in [0.15, 0.2) is 5.12 Å². The Morgan fingerprint density at radius 2 is 2.37 bits per heavy atom. The first-order valence-corrected chi connectivity index (χ1v) is 7.51. The molecule has 0 aliphatic carbocycles. The van der Waals surface area contributed by atoms with Crippen molar-refractivity contribution in [1.29, 1.82) is 0 Å². The van der Waals surface area contributed by atoms with Crippen LogP contribution in [0, 0.1) is 11.9 Å². The number of amides is 1. The minimum absolute atomic E-state index is 0.0248. The SMILES string of the molecule is CC(=O)SCC1CC(=O)N(c2ccc(F)nc2Br)C1. The number of halogens is 2. The summed E-state index contributed by atoms with van der Waals surface area (Å²) in [5.41, 5.74) is 0.571. The van der Waals surface area contributed by atoms with Crippen LogP contribution in [0.2, 0.25) is 0 Å². The molecule has 0 bridgehead atoms. The van der Waals surface area contributed by atoms with Gasteiger partial charge >= 0.3 is 0 Å². The molecule has 1 atom stereocenters. The summed E-state index contributed by atoms with van der Waals surface area (Å²) in [6.45, 7) is 2.05. The lowest BCUT2D eigenvalue weighted by atomic mass is 10.1. The van der Waals surface area contributed by atoms with Gasteiger partial charge in [0.05, 0.1) is 5.69 Å². The Morgan fingerprint density at radius 3 is 3.00 bits per heavy atom. The highest BCUT2D eigenvalue weighted by Crippen LogP contribution is 2.31. The maximum Gasteiger partial charge on any atom is 0.227 e. The number of rotatable bonds is 3. The highest BCUT2D eigenvalue weighted by Gasteiger charge is 2.32. The second-order valence-electron chi connectivity index (χ2n) is 4.32. The second-order valence-corrected chi connectivity index (χ2v) is 6.27. The summed E-state index contributed by atoms with van der Waals surface area (Å²) >= 11 is 4.39. The molecule has 0 aromatic carbocycles. The fourth-order valence-electron chi connectivity index (χ4n) is 1.97. The number of anilines is 1. The predicted octanol–water partition coefficient (Wildman–Crippen LogP) is 2.62. The molecule has 1 saturated heterocycles. The molecular formula is C12H12BrFN2O2S. The molecule has 19 heavy (non-hydrogen) atoms. The third-order valence-electron chi connectivity index (χ3n) is 2.81. The van der Waals surface area contributed by atoms with Crippen molar-refractivity contribution in [2.75, 3.05) is 17.2 Å². The van der Waals surface area contributed by atoms with Crippen LogP contribution in [0.15, 0.2) is 16.7 Å². The lowest BCUT2D eigenvalue weighted by Gasteiger charge is -2.17. The van der Waals surface area contributed by atoms with Gasteiger partial charge in [0.1, 0.15) is 4.60 Å². The normalized spacial score (nSPS) is 19.0. The Kier molecular flexibility index (Phi) is 4.57. The van der Waals surface area contributed by atoms with Crippen LogP contribution in [-0.2, 0) is 9.59 Å². The Hall–Kier alpha value is -0.950. The lowest BCUT2D eigenvalue weighted by Crippen LogP contribution is -2.25. The highest BCUT2D eigenvalue weighted by molar-refractivity contribution is 9.10. The van der Waals surface area contributed by atoms with E-state index in [0.717, 1.165) is 0 Å². The zero-order valence-electron chi connectivity index (χ0n) is 10.2. The molecule has 2 heterocycles. The van der Waals surface area contributed by atoms with Gasteiger partial charge in [0.2, 0.25) is 11.9 Å². The van der Waals surface area contributed by atoms with Crippen molar-refractivity contribution in [3.63, 3.8) is 0 Å². The Balaban J connectivity index is 2.09. The number of hydrogen-bond acceptors (Lipinski definition) is 4. The van der Waals surface area contributed by atoms with Crippen LogP contribution in [0.1, 0.15) is 13.3 Å². The van der Waals surface area contributed by atoms with E-state index in [1.807, 2.05) is 0 Å². The molecule has 0 radical (unpaired) electrons. The number of nitrogens with zero attached hydrogens (tertiary/aromatic N) is 2. The Morgan fingerprint density at radius 1 is 1.63 bits per heavy atom. The first kappa shape index (κ1) is 14.5. The molecule has 1 aromatic rings. The van der Waals surface area contributed by atoms with Crippen LogP contribution in [0.25, 0.3) is 0 Å². The summed E-state index contributed by atoms with van der Waals surface area (Å²) in [7, 11) is 0. The number of carbonyl (C=O) groups excluding carboxylic acids is 2. The van der Waals surface area contributed by atoms with E-state index in [0.29, 0.717) is 29.0 Å². The molecule has 0 saturated carbocycles. The fourth-order valence-corrected chi connectivity index (χ4v) is 3.18. The first-order chi connectivity index (χ1) is 8.97. The van der Waals surface area contributed by atoms with Crippen molar-refractivity contribution in [1.82, 2.24) is 4.98 Å². The molecule has 1 amide bonds. The number of pyridine rings is 1. The van der Waals surface area contributed by atoms with Gasteiger partial charge in [-0.25, -0.2) is 4.98 Å². The van der Waals surface area contributed by atoms with E-state index >= 15 is 0 Å². The molecule has 102 valence electrons. The van der Waals surface area contributed by atoms with Gasteiger partial charge in [0.25, 0.3) is 0 Å². The average molecular weight is 347 g/mol. The third-order valence-corrected chi connectivity index (χ3v) is 4.44. The highest BCUT2D eigenvalue weighted by atomic mass is 79.9. The van der Waals surface area contributed by atoms with Gasteiger partial charge in [0, 0.05) is 25.6 Å². The molecule has 1 unspecified atom stereocenters. The second kappa shape index (κ2) is 6.00. The molecule has 1 fully saturated rings. The van der Waals surface area contributed by atoms with Crippen LogP contribution < -0.4 is 4.90 Å². The minimum atomic E-state index is -0.592. The molecule has 0 spiro atoms. The Labute approximate surface area is 122 Å². The van der Waals surface area contributed by atoms with E-state index < -0.39 is 5.95 Å². The van der Waals surface area contributed by atoms with Crippen molar-refractivity contribution < 1.29 is 14.0 Å². The quantitative estimate of drug-likeness (QED) is 0.789. The number of aromatic nitrogens is 1.